The van der Waals surface area contributed by atoms with Crippen molar-refractivity contribution in [3.8, 4) is 0 Å². The van der Waals surface area contributed by atoms with Crippen LogP contribution in [0.25, 0.3) is 0 Å². The second-order valence-corrected chi connectivity index (χ2v) is 9.06. The third-order valence-corrected chi connectivity index (χ3v) is 6.85. The molecule has 0 bridgehead atoms. The summed E-state index contributed by atoms with van der Waals surface area (Å²) >= 11 is 0. The minimum Gasteiger partial charge on any atom is -0.376 e. The lowest BCUT2D eigenvalue weighted by atomic mass is 9.61. The summed E-state index contributed by atoms with van der Waals surface area (Å²) in [6.07, 6.45) is 12.3. The highest BCUT2D eigenvalue weighted by atomic mass is 16.5. The van der Waals surface area contributed by atoms with Crippen LogP contribution in [0.4, 0.5) is 0 Å². The number of hydrogen-bond acceptors (Lipinski definition) is 2. The second-order valence-electron chi connectivity index (χ2n) is 9.06. The first-order valence-corrected chi connectivity index (χ1v) is 9.87. The van der Waals surface area contributed by atoms with E-state index in [0.717, 1.165) is 17.9 Å². The molecule has 0 unspecified atom stereocenters. The Morgan fingerprint density at radius 3 is 2.00 bits per heavy atom. The Morgan fingerprint density at radius 2 is 1.50 bits per heavy atom. The van der Waals surface area contributed by atoms with E-state index in [1.807, 2.05) is 0 Å². The largest absolute Gasteiger partial charge is 0.376 e. The molecule has 0 radical (unpaired) electrons. The molecule has 1 heterocycles. The van der Waals surface area contributed by atoms with Crippen LogP contribution in [0.15, 0.2) is 0 Å². The second kappa shape index (κ2) is 6.81. The highest BCUT2D eigenvalue weighted by Gasteiger charge is 2.47. The number of hydrogen-bond donors (Lipinski definition) is 0. The van der Waals surface area contributed by atoms with Crippen LogP contribution in [0.5, 0.6) is 0 Å². The lowest BCUT2D eigenvalue weighted by Crippen LogP contribution is -2.52. The fraction of sp³-hybridized carbons (Fsp3) is 1.00. The summed E-state index contributed by atoms with van der Waals surface area (Å²) in [5.74, 6) is 1.88. The van der Waals surface area contributed by atoms with E-state index in [1.54, 1.807) is 0 Å². The zero-order chi connectivity index (χ0) is 15.7. The molecule has 0 atom stereocenters. The SMILES string of the molecule is CC(C)OC1CC2(CCN(C3CCC(C(C)C)CC3)CC2)C1. The summed E-state index contributed by atoms with van der Waals surface area (Å²) in [5, 5.41) is 0. The number of piperidine rings is 1. The van der Waals surface area contributed by atoms with Crippen molar-refractivity contribution < 1.29 is 4.74 Å². The van der Waals surface area contributed by atoms with Crippen LogP contribution in [0.3, 0.4) is 0 Å². The van der Waals surface area contributed by atoms with Gasteiger partial charge in [0.25, 0.3) is 0 Å². The molecule has 3 fully saturated rings. The summed E-state index contributed by atoms with van der Waals surface area (Å²) in [6.45, 7) is 11.8. The fourth-order valence-electron chi connectivity index (χ4n) is 5.29. The summed E-state index contributed by atoms with van der Waals surface area (Å²) in [4.78, 5) is 2.83. The predicted octanol–water partition coefficient (Wildman–Crippen LogP) is 4.87. The molecule has 2 aliphatic carbocycles. The van der Waals surface area contributed by atoms with Gasteiger partial charge in [0.1, 0.15) is 0 Å². The highest BCUT2D eigenvalue weighted by molar-refractivity contribution is 4.99. The lowest BCUT2D eigenvalue weighted by Gasteiger charge is -2.53. The van der Waals surface area contributed by atoms with Crippen molar-refractivity contribution in [2.45, 2.75) is 97.3 Å². The van der Waals surface area contributed by atoms with E-state index in [2.05, 4.69) is 32.6 Å². The molecule has 0 aromatic rings. The molecule has 1 spiro atoms. The van der Waals surface area contributed by atoms with Gasteiger partial charge < -0.3 is 9.64 Å². The first-order chi connectivity index (χ1) is 10.5. The molecular formula is C20H37NO. The van der Waals surface area contributed by atoms with E-state index in [-0.39, 0.29) is 0 Å². The van der Waals surface area contributed by atoms with Gasteiger partial charge in [-0.2, -0.15) is 0 Å². The van der Waals surface area contributed by atoms with E-state index in [9.17, 15) is 0 Å². The van der Waals surface area contributed by atoms with Crippen LogP contribution >= 0.6 is 0 Å². The summed E-state index contributed by atoms with van der Waals surface area (Å²) in [7, 11) is 0. The van der Waals surface area contributed by atoms with Gasteiger partial charge in [-0.1, -0.05) is 13.8 Å². The monoisotopic (exact) mass is 307 g/mol. The summed E-state index contributed by atoms with van der Waals surface area (Å²) in [6, 6.07) is 0.898. The lowest BCUT2D eigenvalue weighted by molar-refractivity contribution is -0.127. The zero-order valence-corrected chi connectivity index (χ0v) is 15.3. The summed E-state index contributed by atoms with van der Waals surface area (Å²) < 4.78 is 5.98. The topological polar surface area (TPSA) is 12.5 Å². The van der Waals surface area contributed by atoms with Gasteiger partial charge in [0.05, 0.1) is 12.2 Å². The van der Waals surface area contributed by atoms with Crippen molar-refractivity contribution in [2.24, 2.45) is 17.3 Å². The molecule has 0 aromatic heterocycles. The Morgan fingerprint density at radius 1 is 0.909 bits per heavy atom. The molecule has 128 valence electrons. The molecule has 1 aliphatic heterocycles. The maximum Gasteiger partial charge on any atom is 0.0589 e. The predicted molar refractivity (Wildman–Crippen MR) is 93.1 cm³/mol. The van der Waals surface area contributed by atoms with Crippen molar-refractivity contribution in [1.82, 2.24) is 4.90 Å². The normalized spacial score (nSPS) is 33.5. The van der Waals surface area contributed by atoms with Crippen molar-refractivity contribution >= 4 is 0 Å². The smallest absolute Gasteiger partial charge is 0.0589 e. The van der Waals surface area contributed by atoms with Crippen LogP contribution in [0, 0.1) is 17.3 Å². The van der Waals surface area contributed by atoms with Crippen molar-refractivity contribution in [1.29, 1.82) is 0 Å². The van der Waals surface area contributed by atoms with Crippen LogP contribution in [-0.4, -0.2) is 36.2 Å². The van der Waals surface area contributed by atoms with Crippen molar-refractivity contribution in [3.63, 3.8) is 0 Å². The third-order valence-electron chi connectivity index (χ3n) is 6.85. The minimum absolute atomic E-state index is 0.401. The molecular weight excluding hydrogens is 270 g/mol. The van der Waals surface area contributed by atoms with E-state index < -0.39 is 0 Å². The Bertz CT molecular complexity index is 341. The first-order valence-electron chi connectivity index (χ1n) is 9.87. The zero-order valence-electron chi connectivity index (χ0n) is 15.3. The van der Waals surface area contributed by atoms with Gasteiger partial charge in [0.15, 0.2) is 0 Å². The highest BCUT2D eigenvalue weighted by Crippen LogP contribution is 2.51. The molecule has 3 rings (SSSR count). The molecule has 0 N–H and O–H groups in total. The van der Waals surface area contributed by atoms with Gasteiger partial charge in [0, 0.05) is 6.04 Å². The number of rotatable bonds is 4. The van der Waals surface area contributed by atoms with Crippen LogP contribution in [0.2, 0.25) is 0 Å². The number of likely N-dealkylation sites (tertiary alicyclic amines) is 1. The standard InChI is InChI=1S/C20H37NO/c1-15(2)17-5-7-18(8-6-17)21-11-9-20(10-12-21)13-19(14-20)22-16(3)4/h15-19H,5-14H2,1-4H3. The van der Waals surface area contributed by atoms with E-state index in [0.29, 0.717) is 17.6 Å². The Balaban J connectivity index is 1.40. The minimum atomic E-state index is 0.401. The van der Waals surface area contributed by atoms with Crippen molar-refractivity contribution in [2.75, 3.05) is 13.1 Å². The van der Waals surface area contributed by atoms with Crippen LogP contribution in [0.1, 0.15) is 79.1 Å². The molecule has 0 amide bonds. The van der Waals surface area contributed by atoms with Gasteiger partial charge in [-0.05, 0) is 95.6 Å². The summed E-state index contributed by atoms with van der Waals surface area (Å²) in [5.41, 5.74) is 0.658. The molecule has 0 aromatic carbocycles. The van der Waals surface area contributed by atoms with Gasteiger partial charge in [0.2, 0.25) is 0 Å². The number of ether oxygens (including phenoxy) is 1. The van der Waals surface area contributed by atoms with Crippen LogP contribution < -0.4 is 0 Å². The molecule has 2 heteroatoms. The Labute approximate surface area is 138 Å². The Kier molecular flexibility index (Phi) is 5.19. The maximum atomic E-state index is 5.98. The van der Waals surface area contributed by atoms with Crippen LogP contribution in [-0.2, 0) is 4.74 Å². The van der Waals surface area contributed by atoms with Gasteiger partial charge >= 0.3 is 0 Å². The number of nitrogens with zero attached hydrogens (tertiary/aromatic N) is 1. The van der Waals surface area contributed by atoms with E-state index in [4.69, 9.17) is 4.74 Å². The molecule has 1 saturated heterocycles. The maximum absolute atomic E-state index is 5.98. The molecule has 3 aliphatic rings. The van der Waals surface area contributed by atoms with Crippen molar-refractivity contribution in [3.05, 3.63) is 0 Å². The molecule has 22 heavy (non-hydrogen) atoms. The fourth-order valence-corrected chi connectivity index (χ4v) is 5.29. The average molecular weight is 308 g/mol. The molecule has 2 nitrogen and oxygen atoms in total. The average Bonchev–Trinajstić information content (AvgIpc) is 2.46. The van der Waals surface area contributed by atoms with Gasteiger partial charge in [-0.25, -0.2) is 0 Å². The molecule has 2 saturated carbocycles. The third kappa shape index (κ3) is 3.70. The van der Waals surface area contributed by atoms with E-state index in [1.165, 1.54) is 64.5 Å². The van der Waals surface area contributed by atoms with Gasteiger partial charge in [-0.3, -0.25) is 0 Å². The quantitative estimate of drug-likeness (QED) is 0.734. The first kappa shape index (κ1) is 16.8. The van der Waals surface area contributed by atoms with E-state index >= 15 is 0 Å². The van der Waals surface area contributed by atoms with Gasteiger partial charge in [-0.15, -0.1) is 0 Å². The Hall–Kier alpha value is -0.0800.